The molecule has 104 valence electrons. The lowest BCUT2D eigenvalue weighted by Crippen LogP contribution is -2.38. The van der Waals surface area contributed by atoms with E-state index in [1.807, 2.05) is 18.2 Å². The summed E-state index contributed by atoms with van der Waals surface area (Å²) in [5.74, 6) is -0.122. The lowest BCUT2D eigenvalue weighted by atomic mass is 9.95. The van der Waals surface area contributed by atoms with Gasteiger partial charge in [0.2, 0.25) is 5.91 Å². The highest BCUT2D eigenvalue weighted by molar-refractivity contribution is 5.75. The van der Waals surface area contributed by atoms with Crippen LogP contribution in [0.25, 0.3) is 0 Å². The summed E-state index contributed by atoms with van der Waals surface area (Å²) >= 11 is 0. The normalized spacial score (nSPS) is 16.3. The molecule has 1 aromatic carbocycles. The monoisotopic (exact) mass is 261 g/mol. The van der Waals surface area contributed by atoms with E-state index in [2.05, 4.69) is 12.1 Å². The second-order valence-corrected chi connectivity index (χ2v) is 5.37. The van der Waals surface area contributed by atoms with E-state index in [1.54, 1.807) is 0 Å². The Morgan fingerprint density at radius 1 is 1.16 bits per heavy atom. The quantitative estimate of drug-likeness (QED) is 0.650. The van der Waals surface area contributed by atoms with Crippen molar-refractivity contribution >= 4 is 5.91 Å². The predicted molar refractivity (Wildman–Crippen MR) is 74.9 cm³/mol. The Balaban J connectivity index is 1.71. The van der Waals surface area contributed by atoms with Gasteiger partial charge in [-0.3, -0.25) is 10.0 Å². The molecule has 19 heavy (non-hydrogen) atoms. The van der Waals surface area contributed by atoms with Crippen LogP contribution in [0.2, 0.25) is 0 Å². The van der Waals surface area contributed by atoms with E-state index in [0.717, 1.165) is 43.6 Å². The first-order chi connectivity index (χ1) is 9.27. The van der Waals surface area contributed by atoms with Crippen molar-refractivity contribution in [1.82, 2.24) is 5.06 Å². The summed E-state index contributed by atoms with van der Waals surface area (Å²) in [6.07, 6.45) is 7.49. The van der Waals surface area contributed by atoms with Crippen LogP contribution in [0, 0.1) is 0 Å². The molecule has 0 aromatic heterocycles. The number of hydrogen-bond acceptors (Lipinski definition) is 2. The number of hydroxylamine groups is 2. The molecule has 0 unspecified atom stereocenters. The SMILES string of the molecule is O=C(CCCc1ccccc1)N(O)C1CCCCC1. The van der Waals surface area contributed by atoms with Crippen molar-refractivity contribution in [3.63, 3.8) is 0 Å². The Morgan fingerprint density at radius 2 is 1.84 bits per heavy atom. The molecule has 0 saturated heterocycles. The highest BCUT2D eigenvalue weighted by Gasteiger charge is 2.23. The van der Waals surface area contributed by atoms with Gasteiger partial charge in [-0.05, 0) is 31.2 Å². The zero-order valence-electron chi connectivity index (χ0n) is 11.4. The van der Waals surface area contributed by atoms with Gasteiger partial charge in [0.05, 0.1) is 6.04 Å². The van der Waals surface area contributed by atoms with Gasteiger partial charge in [-0.2, -0.15) is 0 Å². The lowest BCUT2D eigenvalue weighted by Gasteiger charge is -2.29. The van der Waals surface area contributed by atoms with Gasteiger partial charge in [-0.15, -0.1) is 0 Å². The van der Waals surface area contributed by atoms with Crippen LogP contribution in [-0.4, -0.2) is 22.2 Å². The van der Waals surface area contributed by atoms with Gasteiger partial charge in [-0.1, -0.05) is 49.6 Å². The maximum absolute atomic E-state index is 11.9. The summed E-state index contributed by atoms with van der Waals surface area (Å²) in [5, 5.41) is 10.9. The van der Waals surface area contributed by atoms with Crippen LogP contribution in [0.5, 0.6) is 0 Å². The molecule has 0 radical (unpaired) electrons. The van der Waals surface area contributed by atoms with Gasteiger partial charge in [0.15, 0.2) is 0 Å². The molecule has 1 fully saturated rings. The van der Waals surface area contributed by atoms with Gasteiger partial charge in [0, 0.05) is 6.42 Å². The molecule has 1 amide bonds. The van der Waals surface area contributed by atoms with Crippen LogP contribution < -0.4 is 0 Å². The maximum Gasteiger partial charge on any atom is 0.246 e. The largest absolute Gasteiger partial charge is 0.286 e. The Morgan fingerprint density at radius 3 is 2.53 bits per heavy atom. The van der Waals surface area contributed by atoms with Crippen LogP contribution in [0.1, 0.15) is 50.5 Å². The van der Waals surface area contributed by atoms with Crippen LogP contribution in [0.15, 0.2) is 30.3 Å². The van der Waals surface area contributed by atoms with Crippen LogP contribution in [0.3, 0.4) is 0 Å². The number of rotatable bonds is 5. The topological polar surface area (TPSA) is 40.5 Å². The first-order valence-corrected chi connectivity index (χ1v) is 7.32. The van der Waals surface area contributed by atoms with Gasteiger partial charge >= 0.3 is 0 Å². The maximum atomic E-state index is 11.9. The summed E-state index contributed by atoms with van der Waals surface area (Å²) in [7, 11) is 0. The van der Waals surface area contributed by atoms with Crippen molar-refractivity contribution in [1.29, 1.82) is 0 Å². The minimum atomic E-state index is -0.122. The molecule has 2 rings (SSSR count). The average molecular weight is 261 g/mol. The molecule has 0 atom stereocenters. The van der Waals surface area contributed by atoms with Crippen molar-refractivity contribution < 1.29 is 10.0 Å². The first-order valence-electron chi connectivity index (χ1n) is 7.32. The fraction of sp³-hybridized carbons (Fsp3) is 0.562. The molecule has 1 N–H and O–H groups in total. The van der Waals surface area contributed by atoms with Crippen molar-refractivity contribution in [2.75, 3.05) is 0 Å². The minimum absolute atomic E-state index is 0.0537. The number of nitrogens with zero attached hydrogens (tertiary/aromatic N) is 1. The number of carbonyl (C=O) groups is 1. The summed E-state index contributed by atoms with van der Waals surface area (Å²) in [4.78, 5) is 11.9. The Labute approximate surface area is 115 Å². The predicted octanol–water partition coefficient (Wildman–Crippen LogP) is 3.56. The zero-order valence-corrected chi connectivity index (χ0v) is 11.4. The van der Waals surface area contributed by atoms with Gasteiger partial charge in [0.25, 0.3) is 0 Å². The molecule has 0 bridgehead atoms. The molecule has 1 saturated carbocycles. The molecule has 1 aliphatic carbocycles. The molecule has 3 nitrogen and oxygen atoms in total. The molecule has 0 aliphatic heterocycles. The van der Waals surface area contributed by atoms with Crippen molar-refractivity contribution in [2.45, 2.75) is 57.4 Å². The number of aryl methyl sites for hydroxylation is 1. The van der Waals surface area contributed by atoms with E-state index in [1.165, 1.54) is 12.0 Å². The van der Waals surface area contributed by atoms with Gasteiger partial charge in [-0.25, -0.2) is 5.06 Å². The molecule has 3 heteroatoms. The highest BCUT2D eigenvalue weighted by atomic mass is 16.5. The Kier molecular flexibility index (Phi) is 5.40. The summed E-state index contributed by atoms with van der Waals surface area (Å²) in [6.45, 7) is 0. The van der Waals surface area contributed by atoms with E-state index in [9.17, 15) is 10.0 Å². The Hall–Kier alpha value is -1.35. The molecular formula is C16H23NO2. The molecular weight excluding hydrogens is 238 g/mol. The van der Waals surface area contributed by atoms with E-state index in [-0.39, 0.29) is 11.9 Å². The number of hydrogen-bond donors (Lipinski definition) is 1. The number of amides is 1. The average Bonchev–Trinajstić information content (AvgIpc) is 2.48. The smallest absolute Gasteiger partial charge is 0.246 e. The van der Waals surface area contributed by atoms with E-state index >= 15 is 0 Å². The van der Waals surface area contributed by atoms with E-state index < -0.39 is 0 Å². The molecule has 1 aromatic rings. The zero-order chi connectivity index (χ0) is 13.5. The Bertz CT molecular complexity index is 385. The van der Waals surface area contributed by atoms with Gasteiger partial charge in [0.1, 0.15) is 0 Å². The second-order valence-electron chi connectivity index (χ2n) is 5.37. The fourth-order valence-electron chi connectivity index (χ4n) is 2.73. The molecule has 1 aliphatic rings. The van der Waals surface area contributed by atoms with Crippen LogP contribution in [-0.2, 0) is 11.2 Å². The van der Waals surface area contributed by atoms with E-state index in [0.29, 0.717) is 6.42 Å². The fourth-order valence-corrected chi connectivity index (χ4v) is 2.73. The van der Waals surface area contributed by atoms with Gasteiger partial charge < -0.3 is 0 Å². The first kappa shape index (κ1) is 14.1. The standard InChI is InChI=1S/C16H23NO2/c18-16(17(19)15-11-5-2-6-12-15)13-7-10-14-8-3-1-4-9-14/h1,3-4,8-9,15,19H,2,5-7,10-13H2. The third-order valence-electron chi connectivity index (χ3n) is 3.88. The lowest BCUT2D eigenvalue weighted by molar-refractivity contribution is -0.178. The molecule has 0 spiro atoms. The number of carbonyl (C=O) groups excluding carboxylic acids is 1. The third kappa shape index (κ3) is 4.35. The third-order valence-corrected chi connectivity index (χ3v) is 3.88. The van der Waals surface area contributed by atoms with E-state index in [4.69, 9.17) is 0 Å². The molecule has 0 heterocycles. The summed E-state index contributed by atoms with van der Waals surface area (Å²) in [6, 6.07) is 10.2. The minimum Gasteiger partial charge on any atom is -0.286 e. The number of benzene rings is 1. The van der Waals surface area contributed by atoms with Crippen molar-refractivity contribution in [3.05, 3.63) is 35.9 Å². The van der Waals surface area contributed by atoms with Crippen LogP contribution >= 0.6 is 0 Å². The summed E-state index contributed by atoms with van der Waals surface area (Å²) in [5.41, 5.74) is 1.25. The highest BCUT2D eigenvalue weighted by Crippen LogP contribution is 2.22. The summed E-state index contributed by atoms with van der Waals surface area (Å²) < 4.78 is 0. The van der Waals surface area contributed by atoms with Crippen molar-refractivity contribution in [3.8, 4) is 0 Å². The second kappa shape index (κ2) is 7.29. The van der Waals surface area contributed by atoms with Crippen LogP contribution in [0.4, 0.5) is 0 Å². The van der Waals surface area contributed by atoms with Crippen molar-refractivity contribution in [2.24, 2.45) is 0 Å².